The molecule has 200 valence electrons. The van der Waals surface area contributed by atoms with Gasteiger partial charge in [-0.2, -0.15) is 0 Å². The van der Waals surface area contributed by atoms with E-state index in [1.807, 2.05) is 19.9 Å². The van der Waals surface area contributed by atoms with Gasteiger partial charge in [0.2, 0.25) is 17.7 Å². The van der Waals surface area contributed by atoms with Crippen LogP contribution in [0.1, 0.15) is 57.9 Å². The maximum Gasteiger partial charge on any atom is 0.326 e. The van der Waals surface area contributed by atoms with E-state index in [1.54, 1.807) is 24.3 Å². The molecule has 4 unspecified atom stereocenters. The molecule has 10 heteroatoms. The van der Waals surface area contributed by atoms with Crippen LogP contribution in [-0.4, -0.2) is 66.1 Å². The van der Waals surface area contributed by atoms with Crippen molar-refractivity contribution in [2.75, 3.05) is 13.1 Å². The number of unbranched alkanes of at least 4 members (excludes halogenated alkanes) is 1. The number of nitrogens with two attached hydrogens (primary N) is 1. The molecule has 3 amide bonds. The maximum absolute atomic E-state index is 13.2. The van der Waals surface area contributed by atoms with E-state index in [1.165, 1.54) is 0 Å². The summed E-state index contributed by atoms with van der Waals surface area (Å²) >= 11 is 0. The second-order valence-electron chi connectivity index (χ2n) is 9.77. The molecule has 7 N–H and O–H groups in total. The Morgan fingerprint density at radius 3 is 2.25 bits per heavy atom. The first-order valence-corrected chi connectivity index (χ1v) is 12.8. The van der Waals surface area contributed by atoms with Crippen molar-refractivity contribution >= 4 is 23.7 Å². The summed E-state index contributed by atoms with van der Waals surface area (Å²) in [6.45, 7) is 5.10. The fraction of sp³-hybridized carbons (Fsp3) is 0.615. The predicted molar refractivity (Wildman–Crippen MR) is 137 cm³/mol. The third kappa shape index (κ3) is 9.94. The number of hydrogen-bond donors (Lipinski definition) is 6. The summed E-state index contributed by atoms with van der Waals surface area (Å²) < 4.78 is 0. The predicted octanol–water partition coefficient (Wildman–Crippen LogP) is 0.695. The first-order valence-electron chi connectivity index (χ1n) is 12.8. The first kappa shape index (κ1) is 29.3. The molecule has 10 nitrogen and oxygen atoms in total. The number of carboxylic acids is 1. The van der Waals surface area contributed by atoms with E-state index in [0.717, 1.165) is 18.5 Å². The molecule has 1 aliphatic heterocycles. The molecule has 0 bridgehead atoms. The van der Waals surface area contributed by atoms with E-state index >= 15 is 0 Å². The Hall–Kier alpha value is -2.98. The highest BCUT2D eigenvalue weighted by Crippen LogP contribution is 2.11. The quantitative estimate of drug-likeness (QED) is 0.192. The zero-order valence-corrected chi connectivity index (χ0v) is 21.3. The fourth-order valence-electron chi connectivity index (χ4n) is 4.24. The molecular formula is C26H41N5O5. The smallest absolute Gasteiger partial charge is 0.326 e. The molecule has 36 heavy (non-hydrogen) atoms. The molecule has 0 saturated carbocycles. The lowest BCUT2D eigenvalue weighted by Crippen LogP contribution is -2.57. The van der Waals surface area contributed by atoms with Gasteiger partial charge in [-0.25, -0.2) is 4.79 Å². The second-order valence-corrected chi connectivity index (χ2v) is 9.77. The summed E-state index contributed by atoms with van der Waals surface area (Å²) in [6.07, 6.45) is 3.68. The molecule has 1 aromatic carbocycles. The van der Waals surface area contributed by atoms with Gasteiger partial charge in [0.15, 0.2) is 0 Å². The van der Waals surface area contributed by atoms with Crippen LogP contribution in [0.4, 0.5) is 0 Å². The third-order valence-corrected chi connectivity index (χ3v) is 6.19. The van der Waals surface area contributed by atoms with Crippen molar-refractivity contribution in [1.29, 1.82) is 0 Å². The number of nitrogens with one attached hydrogen (secondary N) is 4. The van der Waals surface area contributed by atoms with E-state index in [-0.39, 0.29) is 24.3 Å². The van der Waals surface area contributed by atoms with Crippen molar-refractivity contribution in [3.63, 3.8) is 0 Å². The Morgan fingerprint density at radius 1 is 1.00 bits per heavy atom. The number of carbonyl (C=O) groups is 4. The van der Waals surface area contributed by atoms with Gasteiger partial charge >= 0.3 is 5.97 Å². The SMILES string of the molecule is CC(C)CC(NC(=O)C1CCCN1)C(=O)NC(CCCCN)C(=O)NC(Cc1ccccc1)C(=O)O. The topological polar surface area (TPSA) is 163 Å². The third-order valence-electron chi connectivity index (χ3n) is 6.19. The Morgan fingerprint density at radius 2 is 1.67 bits per heavy atom. The van der Waals surface area contributed by atoms with Gasteiger partial charge in [0, 0.05) is 6.42 Å². The van der Waals surface area contributed by atoms with Gasteiger partial charge < -0.3 is 32.1 Å². The average Bonchev–Trinajstić information content (AvgIpc) is 3.38. The van der Waals surface area contributed by atoms with Gasteiger partial charge in [0.25, 0.3) is 0 Å². The fourth-order valence-corrected chi connectivity index (χ4v) is 4.24. The molecule has 1 aromatic rings. The van der Waals surface area contributed by atoms with Crippen molar-refractivity contribution < 1.29 is 24.3 Å². The van der Waals surface area contributed by atoms with E-state index in [2.05, 4.69) is 21.3 Å². The Balaban J connectivity index is 2.10. The monoisotopic (exact) mass is 503 g/mol. The minimum absolute atomic E-state index is 0.117. The van der Waals surface area contributed by atoms with E-state index in [4.69, 9.17) is 5.73 Å². The average molecular weight is 504 g/mol. The lowest BCUT2D eigenvalue weighted by atomic mass is 10.0. The molecule has 1 heterocycles. The number of rotatable bonds is 15. The van der Waals surface area contributed by atoms with Crippen LogP contribution in [0, 0.1) is 5.92 Å². The van der Waals surface area contributed by atoms with Crippen LogP contribution >= 0.6 is 0 Å². The standard InChI is InChI=1S/C26H41N5O5/c1-17(2)15-21(30-23(32)19-12-8-14-28-19)25(34)29-20(11-6-7-13-27)24(33)31-22(26(35)36)16-18-9-4-3-5-10-18/h3-5,9-10,17,19-22,28H,6-8,11-16,27H2,1-2H3,(H,29,34)(H,30,32)(H,31,33)(H,35,36). The normalized spacial score (nSPS) is 17.7. The first-order chi connectivity index (χ1) is 17.2. The second kappa shape index (κ2) is 15.2. The van der Waals surface area contributed by atoms with Gasteiger partial charge in [-0.1, -0.05) is 44.2 Å². The van der Waals surface area contributed by atoms with E-state index < -0.39 is 35.9 Å². The molecule has 1 saturated heterocycles. The van der Waals surface area contributed by atoms with Gasteiger partial charge in [-0.05, 0) is 63.1 Å². The van der Waals surface area contributed by atoms with Gasteiger partial charge in [0.05, 0.1) is 6.04 Å². The highest BCUT2D eigenvalue weighted by Gasteiger charge is 2.31. The number of carbonyl (C=O) groups excluding carboxylic acids is 3. The number of carboxylic acid groups (broad SMARTS) is 1. The molecule has 0 aliphatic carbocycles. The van der Waals surface area contributed by atoms with Crippen LogP contribution in [0.25, 0.3) is 0 Å². The van der Waals surface area contributed by atoms with Crippen LogP contribution in [0.3, 0.4) is 0 Å². The Kier molecular flexibility index (Phi) is 12.4. The maximum atomic E-state index is 13.2. The largest absolute Gasteiger partial charge is 0.480 e. The van der Waals surface area contributed by atoms with E-state index in [9.17, 15) is 24.3 Å². The zero-order chi connectivity index (χ0) is 26.5. The molecule has 1 fully saturated rings. The van der Waals surface area contributed by atoms with Gasteiger partial charge in [-0.15, -0.1) is 0 Å². The summed E-state index contributed by atoms with van der Waals surface area (Å²) in [6, 6.07) is 5.80. The summed E-state index contributed by atoms with van der Waals surface area (Å²) in [5.41, 5.74) is 6.37. The van der Waals surface area contributed by atoms with Gasteiger partial charge in [0.1, 0.15) is 18.1 Å². The van der Waals surface area contributed by atoms with Gasteiger partial charge in [-0.3, -0.25) is 14.4 Å². The molecule has 2 rings (SSSR count). The molecule has 0 spiro atoms. The van der Waals surface area contributed by atoms with Crippen LogP contribution in [0.5, 0.6) is 0 Å². The molecule has 0 aromatic heterocycles. The zero-order valence-electron chi connectivity index (χ0n) is 21.3. The lowest BCUT2D eigenvalue weighted by molar-refractivity contribution is -0.142. The Bertz CT molecular complexity index is 858. The van der Waals surface area contributed by atoms with Crippen LogP contribution < -0.4 is 27.0 Å². The summed E-state index contributed by atoms with van der Waals surface area (Å²) in [5, 5.41) is 21.0. The number of amides is 3. The lowest BCUT2D eigenvalue weighted by Gasteiger charge is -2.26. The highest BCUT2D eigenvalue weighted by atomic mass is 16.4. The number of aliphatic carboxylic acids is 1. The number of hydrogen-bond acceptors (Lipinski definition) is 6. The summed E-state index contributed by atoms with van der Waals surface area (Å²) in [5.74, 6) is -2.29. The molecule has 4 atom stereocenters. The minimum atomic E-state index is -1.16. The molecular weight excluding hydrogens is 462 g/mol. The number of benzene rings is 1. The summed E-state index contributed by atoms with van der Waals surface area (Å²) in [4.78, 5) is 50.9. The minimum Gasteiger partial charge on any atom is -0.480 e. The Labute approximate surface area is 213 Å². The van der Waals surface area contributed by atoms with Crippen LogP contribution in [0.2, 0.25) is 0 Å². The van der Waals surface area contributed by atoms with Crippen molar-refractivity contribution in [3.8, 4) is 0 Å². The van der Waals surface area contributed by atoms with Crippen molar-refractivity contribution in [2.45, 2.75) is 83.0 Å². The molecule has 0 radical (unpaired) electrons. The van der Waals surface area contributed by atoms with Crippen LogP contribution in [-0.2, 0) is 25.6 Å². The highest BCUT2D eigenvalue weighted by molar-refractivity contribution is 5.94. The van der Waals surface area contributed by atoms with E-state index in [0.29, 0.717) is 38.6 Å². The van der Waals surface area contributed by atoms with Crippen molar-refractivity contribution in [3.05, 3.63) is 35.9 Å². The van der Waals surface area contributed by atoms with Crippen molar-refractivity contribution in [1.82, 2.24) is 21.3 Å². The molecule has 1 aliphatic rings. The van der Waals surface area contributed by atoms with Crippen molar-refractivity contribution in [2.24, 2.45) is 11.7 Å². The summed E-state index contributed by atoms with van der Waals surface area (Å²) in [7, 11) is 0. The van der Waals surface area contributed by atoms with Crippen LogP contribution in [0.15, 0.2) is 30.3 Å².